The lowest BCUT2D eigenvalue weighted by Crippen LogP contribution is -2.37. The highest BCUT2D eigenvalue weighted by Gasteiger charge is 2.36. The van der Waals surface area contributed by atoms with Gasteiger partial charge in [0, 0.05) is 11.5 Å². The van der Waals surface area contributed by atoms with Crippen molar-refractivity contribution in [3.8, 4) is 0 Å². The molecule has 2 nitrogen and oxygen atoms in total. The summed E-state index contributed by atoms with van der Waals surface area (Å²) in [6.07, 6.45) is 0.628. The Morgan fingerprint density at radius 1 is 1.50 bits per heavy atom. The molecule has 0 spiro atoms. The summed E-state index contributed by atoms with van der Waals surface area (Å²) in [6, 6.07) is 5.82. The van der Waals surface area contributed by atoms with Crippen molar-refractivity contribution in [1.29, 1.82) is 0 Å². The van der Waals surface area contributed by atoms with Crippen LogP contribution in [0.25, 0.3) is 0 Å². The van der Waals surface area contributed by atoms with Crippen LogP contribution in [0.15, 0.2) is 24.3 Å². The van der Waals surface area contributed by atoms with Crippen molar-refractivity contribution in [3.63, 3.8) is 0 Å². The number of aliphatic hydroxyl groups is 1. The summed E-state index contributed by atoms with van der Waals surface area (Å²) in [5.41, 5.74) is -1.71. The lowest BCUT2D eigenvalue weighted by atomic mass is 9.84. The largest absolute Gasteiger partial charge is 0.377 e. The highest BCUT2D eigenvalue weighted by atomic mass is 19.1. The average molecular weight is 224 g/mol. The fraction of sp³-hybridized carbons (Fsp3) is 0.462. The van der Waals surface area contributed by atoms with Crippen LogP contribution in [-0.2, 0) is 10.4 Å². The van der Waals surface area contributed by atoms with Crippen molar-refractivity contribution < 1.29 is 14.3 Å². The number of hydrogen-bond acceptors (Lipinski definition) is 2. The van der Waals surface area contributed by atoms with Gasteiger partial charge in [-0.2, -0.15) is 0 Å². The van der Waals surface area contributed by atoms with Crippen molar-refractivity contribution in [3.05, 3.63) is 35.6 Å². The number of hydrogen-bond donors (Lipinski definition) is 1. The molecule has 0 bridgehead atoms. The number of ketones is 1. The third-order valence-electron chi connectivity index (χ3n) is 2.94. The van der Waals surface area contributed by atoms with Crippen molar-refractivity contribution in [1.82, 2.24) is 0 Å². The van der Waals surface area contributed by atoms with E-state index in [2.05, 4.69) is 0 Å². The van der Waals surface area contributed by atoms with E-state index in [0.29, 0.717) is 6.42 Å². The van der Waals surface area contributed by atoms with Crippen molar-refractivity contribution in [2.24, 2.45) is 5.92 Å². The third-order valence-corrected chi connectivity index (χ3v) is 2.94. The number of carbonyl (C=O) groups excluding carboxylic acids is 1. The Bertz CT molecular complexity index is 385. The molecule has 0 aliphatic rings. The second kappa shape index (κ2) is 4.74. The van der Waals surface area contributed by atoms with Crippen LogP contribution < -0.4 is 0 Å². The van der Waals surface area contributed by atoms with E-state index in [4.69, 9.17) is 0 Å². The number of halogens is 1. The summed E-state index contributed by atoms with van der Waals surface area (Å²) < 4.78 is 13.5. The summed E-state index contributed by atoms with van der Waals surface area (Å²) >= 11 is 0. The molecule has 1 rings (SSSR count). The van der Waals surface area contributed by atoms with Gasteiger partial charge in [0.25, 0.3) is 0 Å². The second-order valence-electron chi connectivity index (χ2n) is 4.23. The van der Waals surface area contributed by atoms with Gasteiger partial charge in [-0.05, 0) is 19.4 Å². The Balaban J connectivity index is 3.11. The van der Waals surface area contributed by atoms with Gasteiger partial charge in [-0.15, -0.1) is 0 Å². The Labute approximate surface area is 95.1 Å². The first kappa shape index (κ1) is 12.8. The fourth-order valence-corrected chi connectivity index (χ4v) is 1.65. The molecule has 2 atom stereocenters. The van der Waals surface area contributed by atoms with Crippen LogP contribution in [0.3, 0.4) is 0 Å². The molecule has 88 valence electrons. The molecule has 0 amide bonds. The molecular weight excluding hydrogens is 207 g/mol. The van der Waals surface area contributed by atoms with E-state index >= 15 is 0 Å². The number of benzene rings is 1. The average Bonchev–Trinajstić information content (AvgIpc) is 2.27. The van der Waals surface area contributed by atoms with Gasteiger partial charge in [-0.1, -0.05) is 32.0 Å². The molecule has 1 aromatic carbocycles. The van der Waals surface area contributed by atoms with Gasteiger partial charge in [0.05, 0.1) is 0 Å². The molecule has 1 N–H and O–H groups in total. The van der Waals surface area contributed by atoms with Crippen molar-refractivity contribution >= 4 is 5.78 Å². The van der Waals surface area contributed by atoms with Crippen LogP contribution in [0, 0.1) is 11.7 Å². The lowest BCUT2D eigenvalue weighted by molar-refractivity contribution is -0.140. The molecule has 0 saturated carbocycles. The van der Waals surface area contributed by atoms with E-state index in [1.54, 1.807) is 13.0 Å². The smallest absolute Gasteiger partial charge is 0.171 e. The predicted molar refractivity (Wildman–Crippen MR) is 60.4 cm³/mol. The normalized spacial score (nSPS) is 16.6. The van der Waals surface area contributed by atoms with Crippen LogP contribution in [-0.4, -0.2) is 10.9 Å². The predicted octanol–water partition coefficient (Wildman–Crippen LogP) is 2.65. The topological polar surface area (TPSA) is 37.3 Å². The molecule has 0 radical (unpaired) electrons. The SMILES string of the molecule is CCC(C)C(=O)[C@@](C)(O)c1ccccc1F. The number of rotatable bonds is 4. The molecule has 0 heterocycles. The summed E-state index contributed by atoms with van der Waals surface area (Å²) in [4.78, 5) is 11.9. The Hall–Kier alpha value is -1.22. The molecule has 3 heteroatoms. The summed E-state index contributed by atoms with van der Waals surface area (Å²) in [5, 5.41) is 10.1. The van der Waals surface area contributed by atoms with Crippen LogP contribution in [0.5, 0.6) is 0 Å². The highest BCUT2D eigenvalue weighted by Crippen LogP contribution is 2.27. The molecule has 16 heavy (non-hydrogen) atoms. The summed E-state index contributed by atoms with van der Waals surface area (Å²) in [7, 11) is 0. The van der Waals surface area contributed by atoms with E-state index in [9.17, 15) is 14.3 Å². The van der Waals surface area contributed by atoms with Crippen LogP contribution in [0.2, 0.25) is 0 Å². The minimum atomic E-state index is -1.75. The molecule has 0 saturated heterocycles. The molecule has 0 aromatic heterocycles. The summed E-state index contributed by atoms with van der Waals surface area (Å²) in [5.74, 6) is -1.18. The Morgan fingerprint density at radius 2 is 2.06 bits per heavy atom. The molecule has 1 aromatic rings. The maximum absolute atomic E-state index is 13.5. The maximum Gasteiger partial charge on any atom is 0.171 e. The quantitative estimate of drug-likeness (QED) is 0.853. The van der Waals surface area contributed by atoms with Crippen molar-refractivity contribution in [2.45, 2.75) is 32.8 Å². The second-order valence-corrected chi connectivity index (χ2v) is 4.23. The van der Waals surface area contributed by atoms with E-state index < -0.39 is 11.4 Å². The minimum absolute atomic E-state index is 0.0419. The maximum atomic E-state index is 13.5. The molecule has 1 unspecified atom stereocenters. The van der Waals surface area contributed by atoms with E-state index in [1.165, 1.54) is 25.1 Å². The number of carbonyl (C=O) groups is 1. The van der Waals surface area contributed by atoms with Gasteiger partial charge in [-0.25, -0.2) is 4.39 Å². The van der Waals surface area contributed by atoms with E-state index in [1.807, 2.05) is 6.92 Å². The fourth-order valence-electron chi connectivity index (χ4n) is 1.65. The Morgan fingerprint density at radius 3 is 2.56 bits per heavy atom. The molecule has 0 aliphatic carbocycles. The number of Topliss-reactive ketones (excluding diaryl/α,β-unsaturated/α-hetero) is 1. The first-order valence-electron chi connectivity index (χ1n) is 5.43. The van der Waals surface area contributed by atoms with Gasteiger partial charge in [-0.3, -0.25) is 4.79 Å². The summed E-state index contributed by atoms with van der Waals surface area (Å²) in [6.45, 7) is 4.94. The Kier molecular flexibility index (Phi) is 3.81. The van der Waals surface area contributed by atoms with Crippen LogP contribution >= 0.6 is 0 Å². The van der Waals surface area contributed by atoms with Gasteiger partial charge in [0.15, 0.2) is 5.78 Å². The van der Waals surface area contributed by atoms with Gasteiger partial charge in [0.2, 0.25) is 0 Å². The highest BCUT2D eigenvalue weighted by molar-refractivity contribution is 5.89. The zero-order valence-corrected chi connectivity index (χ0v) is 9.83. The van der Waals surface area contributed by atoms with E-state index in [-0.39, 0.29) is 17.3 Å². The first-order valence-corrected chi connectivity index (χ1v) is 5.43. The van der Waals surface area contributed by atoms with Gasteiger partial charge < -0.3 is 5.11 Å². The molecular formula is C13H17FO2. The van der Waals surface area contributed by atoms with Crippen LogP contribution in [0.1, 0.15) is 32.8 Å². The minimum Gasteiger partial charge on any atom is -0.377 e. The molecule has 0 fully saturated rings. The standard InChI is InChI=1S/C13H17FO2/c1-4-9(2)12(15)13(3,16)10-7-5-6-8-11(10)14/h5-9,16H,4H2,1-3H3/t9?,13-/m0/s1. The van der Waals surface area contributed by atoms with Gasteiger partial charge in [0.1, 0.15) is 11.4 Å². The zero-order chi connectivity index (χ0) is 12.3. The monoisotopic (exact) mass is 224 g/mol. The van der Waals surface area contributed by atoms with E-state index in [0.717, 1.165) is 0 Å². The first-order chi connectivity index (χ1) is 7.41. The lowest BCUT2D eigenvalue weighted by Gasteiger charge is -2.25. The third kappa shape index (κ3) is 2.30. The van der Waals surface area contributed by atoms with Gasteiger partial charge >= 0.3 is 0 Å². The zero-order valence-electron chi connectivity index (χ0n) is 9.83. The van der Waals surface area contributed by atoms with Crippen LogP contribution in [0.4, 0.5) is 4.39 Å². The van der Waals surface area contributed by atoms with Crippen molar-refractivity contribution in [2.75, 3.05) is 0 Å². The molecule has 0 aliphatic heterocycles.